The van der Waals surface area contributed by atoms with Crippen LogP contribution in [0.5, 0.6) is 11.5 Å². The number of carbonyl (C=O) groups is 2. The van der Waals surface area contributed by atoms with Gasteiger partial charge in [0.05, 0.1) is 28.6 Å². The van der Waals surface area contributed by atoms with Crippen LogP contribution < -0.4 is 14.8 Å². The molecule has 1 amide bonds. The maximum atomic E-state index is 14.8. The highest BCUT2D eigenvalue weighted by Crippen LogP contribution is 2.37. The zero-order valence-electron chi connectivity index (χ0n) is 22.2. The van der Waals surface area contributed by atoms with Gasteiger partial charge in [0.25, 0.3) is 15.9 Å². The van der Waals surface area contributed by atoms with Gasteiger partial charge in [-0.05, 0) is 71.0 Å². The molecular weight excluding hydrogens is 547 g/mol. The quantitative estimate of drug-likeness (QED) is 0.302. The summed E-state index contributed by atoms with van der Waals surface area (Å²) in [5.41, 5.74) is 0.455. The van der Waals surface area contributed by atoms with Gasteiger partial charge in [-0.3, -0.25) is 14.3 Å². The molecule has 0 saturated carbocycles. The zero-order valence-corrected chi connectivity index (χ0v) is 23.8. The molecule has 0 fully saturated rings. The van der Waals surface area contributed by atoms with Crippen LogP contribution in [0.1, 0.15) is 49.2 Å². The van der Waals surface area contributed by atoms with Crippen molar-refractivity contribution in [1.82, 2.24) is 5.32 Å². The largest absolute Gasteiger partial charge is 0.466 e. The second-order valence-corrected chi connectivity index (χ2v) is 11.9. The predicted octanol–water partition coefficient (Wildman–Crippen LogP) is 6.01. The Kier molecular flexibility index (Phi) is 9.24. The molecule has 8 nitrogen and oxygen atoms in total. The maximum absolute atomic E-state index is 14.8. The number of rotatable bonds is 9. The van der Waals surface area contributed by atoms with Crippen LogP contribution in [0.25, 0.3) is 0 Å². The molecule has 0 saturated heterocycles. The smallest absolute Gasteiger partial charge is 0.310 e. The number of hydrogen-bond acceptors (Lipinski definition) is 6. The molecule has 0 radical (unpaired) electrons. The fourth-order valence-corrected chi connectivity index (χ4v) is 4.73. The predicted molar refractivity (Wildman–Crippen MR) is 147 cm³/mol. The fourth-order valence-electron chi connectivity index (χ4n) is 3.44. The van der Waals surface area contributed by atoms with E-state index in [0.717, 1.165) is 11.6 Å². The Morgan fingerprint density at radius 1 is 1.00 bits per heavy atom. The number of aryl methyl sites for hydroxylation is 1. The number of esters is 1. The highest BCUT2D eigenvalue weighted by atomic mass is 35.5. The Hall–Kier alpha value is -3.63. The molecule has 0 spiro atoms. The van der Waals surface area contributed by atoms with Crippen LogP contribution in [0, 0.1) is 12.7 Å². The van der Waals surface area contributed by atoms with Crippen LogP contribution >= 0.6 is 11.6 Å². The molecule has 0 aliphatic rings. The van der Waals surface area contributed by atoms with E-state index in [1.54, 1.807) is 19.1 Å². The van der Waals surface area contributed by atoms with Gasteiger partial charge in [0, 0.05) is 22.7 Å². The minimum Gasteiger partial charge on any atom is -0.466 e. The van der Waals surface area contributed by atoms with Gasteiger partial charge in [-0.2, -0.15) is 0 Å². The molecule has 3 rings (SSSR count). The highest BCUT2D eigenvalue weighted by Gasteiger charge is 2.22. The average Bonchev–Trinajstić information content (AvgIpc) is 2.82. The summed E-state index contributed by atoms with van der Waals surface area (Å²) in [6.45, 7) is 9.05. The van der Waals surface area contributed by atoms with E-state index < -0.39 is 33.3 Å². The number of anilines is 1. The zero-order chi connectivity index (χ0) is 29.0. The van der Waals surface area contributed by atoms with Crippen LogP contribution in [0.4, 0.5) is 10.1 Å². The van der Waals surface area contributed by atoms with Gasteiger partial charge in [0.2, 0.25) is 0 Å². The Morgan fingerprint density at radius 2 is 1.67 bits per heavy atom. The summed E-state index contributed by atoms with van der Waals surface area (Å²) in [6.07, 6.45) is -0.321. The Balaban J connectivity index is 2.01. The van der Waals surface area contributed by atoms with E-state index >= 15 is 0 Å². The van der Waals surface area contributed by atoms with Crippen LogP contribution in [-0.2, 0) is 26.0 Å². The van der Waals surface area contributed by atoms with Gasteiger partial charge in [-0.1, -0.05) is 29.3 Å². The molecule has 3 aromatic rings. The number of hydrogen-bond donors (Lipinski definition) is 2. The summed E-state index contributed by atoms with van der Waals surface area (Å²) in [5, 5.41) is 2.80. The normalized spacial score (nSPS) is 11.6. The van der Waals surface area contributed by atoms with Gasteiger partial charge < -0.3 is 14.8 Å². The SMILES string of the molecule is CCOC(=O)Cc1cc(Cl)c(Oc2ccc(C(=O)NC(C)(C)C)cc2NS(=O)(=O)c2ccc(C)cc2)cc1F. The van der Waals surface area contributed by atoms with E-state index in [2.05, 4.69) is 10.0 Å². The molecule has 0 bridgehead atoms. The second-order valence-electron chi connectivity index (χ2n) is 9.79. The topological polar surface area (TPSA) is 111 Å². The molecule has 0 heterocycles. The van der Waals surface area contributed by atoms with E-state index in [4.69, 9.17) is 21.1 Å². The number of benzene rings is 3. The van der Waals surface area contributed by atoms with E-state index in [-0.39, 0.29) is 51.3 Å². The Labute approximate surface area is 232 Å². The molecule has 0 unspecified atom stereocenters. The lowest BCUT2D eigenvalue weighted by atomic mass is 10.1. The van der Waals surface area contributed by atoms with E-state index in [0.29, 0.717) is 0 Å². The third-order valence-corrected chi connectivity index (χ3v) is 6.94. The number of carbonyl (C=O) groups excluding carboxylic acids is 2. The van der Waals surface area contributed by atoms with Crippen LogP contribution in [0.2, 0.25) is 5.02 Å². The molecular formula is C28H30ClFN2O6S. The first-order valence-electron chi connectivity index (χ1n) is 12.1. The third kappa shape index (κ3) is 8.18. The van der Waals surface area contributed by atoms with Crippen molar-refractivity contribution in [2.45, 2.75) is 51.5 Å². The third-order valence-electron chi connectivity index (χ3n) is 5.27. The molecule has 0 aliphatic carbocycles. The lowest BCUT2D eigenvalue weighted by Crippen LogP contribution is -2.40. The molecule has 39 heavy (non-hydrogen) atoms. The van der Waals surface area contributed by atoms with Crippen LogP contribution in [0.15, 0.2) is 59.5 Å². The fraction of sp³-hybridized carbons (Fsp3) is 0.286. The van der Waals surface area contributed by atoms with Crippen molar-refractivity contribution >= 4 is 39.2 Å². The van der Waals surface area contributed by atoms with Crippen molar-refractivity contribution in [2.75, 3.05) is 11.3 Å². The lowest BCUT2D eigenvalue weighted by Gasteiger charge is -2.21. The highest BCUT2D eigenvalue weighted by molar-refractivity contribution is 7.92. The summed E-state index contributed by atoms with van der Waals surface area (Å²) in [6, 6.07) is 12.6. The van der Waals surface area contributed by atoms with Gasteiger partial charge in [0.1, 0.15) is 11.6 Å². The molecule has 2 N–H and O–H groups in total. The van der Waals surface area contributed by atoms with E-state index in [9.17, 15) is 22.4 Å². The summed E-state index contributed by atoms with van der Waals surface area (Å²) in [5.74, 6) is -1.96. The first-order valence-corrected chi connectivity index (χ1v) is 13.9. The minimum absolute atomic E-state index is 0.00371. The monoisotopic (exact) mass is 576 g/mol. The maximum Gasteiger partial charge on any atom is 0.310 e. The van der Waals surface area contributed by atoms with Gasteiger partial charge >= 0.3 is 5.97 Å². The van der Waals surface area contributed by atoms with E-state index in [1.165, 1.54) is 36.4 Å². The first kappa shape index (κ1) is 29.9. The molecule has 3 aromatic carbocycles. The van der Waals surface area contributed by atoms with Crippen molar-refractivity contribution in [3.63, 3.8) is 0 Å². The Morgan fingerprint density at radius 3 is 2.28 bits per heavy atom. The molecule has 0 aliphatic heterocycles. The summed E-state index contributed by atoms with van der Waals surface area (Å²) >= 11 is 6.32. The summed E-state index contributed by atoms with van der Waals surface area (Å²) < 4.78 is 54.2. The summed E-state index contributed by atoms with van der Waals surface area (Å²) in [7, 11) is -4.09. The van der Waals surface area contributed by atoms with Gasteiger partial charge in [-0.25, -0.2) is 12.8 Å². The van der Waals surface area contributed by atoms with E-state index in [1.807, 2.05) is 27.7 Å². The van der Waals surface area contributed by atoms with Crippen LogP contribution in [0.3, 0.4) is 0 Å². The molecule has 0 aromatic heterocycles. The molecule has 208 valence electrons. The van der Waals surface area contributed by atoms with Crippen molar-refractivity contribution in [1.29, 1.82) is 0 Å². The first-order chi connectivity index (χ1) is 18.2. The minimum atomic E-state index is -4.09. The van der Waals surface area contributed by atoms with Crippen LogP contribution in [-0.4, -0.2) is 32.4 Å². The number of nitrogens with one attached hydrogen (secondary N) is 2. The average molecular weight is 577 g/mol. The lowest BCUT2D eigenvalue weighted by molar-refractivity contribution is -0.142. The summed E-state index contributed by atoms with van der Waals surface area (Å²) in [4.78, 5) is 24.6. The van der Waals surface area contributed by atoms with Gasteiger partial charge in [-0.15, -0.1) is 0 Å². The number of sulfonamides is 1. The number of amides is 1. The number of halogens is 2. The Bertz CT molecular complexity index is 1490. The van der Waals surface area contributed by atoms with Crippen molar-refractivity contribution in [2.24, 2.45) is 0 Å². The number of ether oxygens (including phenoxy) is 2. The second kappa shape index (κ2) is 12.0. The van der Waals surface area contributed by atoms with Gasteiger partial charge in [0.15, 0.2) is 5.75 Å². The van der Waals surface area contributed by atoms with Crippen molar-refractivity contribution in [3.8, 4) is 11.5 Å². The van der Waals surface area contributed by atoms with Crippen molar-refractivity contribution in [3.05, 3.63) is 82.1 Å². The van der Waals surface area contributed by atoms with Crippen molar-refractivity contribution < 1.29 is 31.9 Å². The molecule has 11 heteroatoms. The standard InChI is InChI=1S/C28H30ClFN2O6S/c1-6-37-26(33)15-19-13-21(29)25(16-22(19)30)38-24-12-9-18(27(34)31-28(3,4)5)14-23(24)32-39(35,36)20-10-7-17(2)8-11-20/h7-14,16,32H,6,15H2,1-5H3,(H,31,34). The molecule has 0 atom stereocenters.